The molecular formula is C19H37N4O9P. The first-order valence-corrected chi connectivity index (χ1v) is 12.7. The molecule has 1 fully saturated rings. The van der Waals surface area contributed by atoms with Gasteiger partial charge in [0.25, 0.3) is 0 Å². The van der Waals surface area contributed by atoms with Crippen molar-refractivity contribution in [2.45, 2.75) is 13.8 Å². The van der Waals surface area contributed by atoms with Crippen molar-refractivity contribution in [3.8, 4) is 0 Å². The fraction of sp³-hybridized carbons (Fsp3) is 0.842. The van der Waals surface area contributed by atoms with Gasteiger partial charge in [0.05, 0.1) is 32.8 Å². The lowest BCUT2D eigenvalue weighted by Gasteiger charge is -2.33. The van der Waals surface area contributed by atoms with Gasteiger partial charge in [-0.2, -0.15) is 0 Å². The molecule has 0 aromatic rings. The van der Waals surface area contributed by atoms with E-state index in [2.05, 4.69) is 0 Å². The van der Waals surface area contributed by atoms with Gasteiger partial charge in [0.2, 0.25) is 0 Å². The Balaban J connectivity index is 3.06. The minimum atomic E-state index is -3.40. The predicted octanol–water partition coefficient (Wildman–Crippen LogP) is -0.315. The molecule has 0 bridgehead atoms. The number of carboxylic acids is 3. The third-order valence-electron chi connectivity index (χ3n) is 5.03. The van der Waals surface area contributed by atoms with Gasteiger partial charge in [-0.25, -0.2) is 0 Å². The minimum absolute atomic E-state index is 0.00163. The standard InChI is InChI=1S/C19H37N4O9P/c1-3-31-33(30,32-4-2)16-23-11-9-21(14-18(26)27)7-5-20(13-17(24)25)6-8-22(10-12-23)15-19(28)29/h3-16H2,1-2H3,(H,24,25)(H,26,27)(H,28,29). The molecule has 192 valence electrons. The fourth-order valence-electron chi connectivity index (χ4n) is 3.53. The summed E-state index contributed by atoms with van der Waals surface area (Å²) in [7, 11) is -3.40. The van der Waals surface area contributed by atoms with Gasteiger partial charge in [-0.05, 0) is 13.8 Å². The molecule has 1 heterocycles. The highest BCUT2D eigenvalue weighted by molar-refractivity contribution is 7.53. The van der Waals surface area contributed by atoms with E-state index in [4.69, 9.17) is 9.05 Å². The Morgan fingerprint density at radius 1 is 0.636 bits per heavy atom. The van der Waals surface area contributed by atoms with Crippen molar-refractivity contribution in [2.75, 3.05) is 91.5 Å². The molecule has 13 nitrogen and oxygen atoms in total. The lowest BCUT2D eigenvalue weighted by molar-refractivity contribution is -0.140. The maximum absolute atomic E-state index is 13.1. The summed E-state index contributed by atoms with van der Waals surface area (Å²) in [6.07, 6.45) is 0.00163. The van der Waals surface area contributed by atoms with Gasteiger partial charge < -0.3 is 24.4 Å². The van der Waals surface area contributed by atoms with Crippen LogP contribution in [-0.2, 0) is 28.0 Å². The molecule has 1 aliphatic rings. The topological polar surface area (TPSA) is 160 Å². The maximum Gasteiger partial charge on any atom is 0.344 e. The molecule has 0 spiro atoms. The van der Waals surface area contributed by atoms with E-state index < -0.39 is 25.5 Å². The molecule has 0 unspecified atom stereocenters. The van der Waals surface area contributed by atoms with Gasteiger partial charge in [-0.1, -0.05) is 0 Å². The van der Waals surface area contributed by atoms with E-state index in [1.807, 2.05) is 4.90 Å². The Hall–Kier alpha value is -1.60. The number of rotatable bonds is 12. The molecule has 1 saturated heterocycles. The Kier molecular flexibility index (Phi) is 13.7. The summed E-state index contributed by atoms with van der Waals surface area (Å²) in [5.41, 5.74) is 0. The average molecular weight is 496 g/mol. The van der Waals surface area contributed by atoms with E-state index in [1.54, 1.807) is 28.5 Å². The fourth-order valence-corrected chi connectivity index (χ4v) is 5.32. The summed E-state index contributed by atoms with van der Waals surface area (Å²) in [5.74, 6) is -3.01. The van der Waals surface area contributed by atoms with Crippen molar-refractivity contribution in [3.63, 3.8) is 0 Å². The van der Waals surface area contributed by atoms with Crippen molar-refractivity contribution in [2.24, 2.45) is 0 Å². The first-order chi connectivity index (χ1) is 15.6. The monoisotopic (exact) mass is 496 g/mol. The summed E-state index contributed by atoms with van der Waals surface area (Å²) in [6, 6.07) is 0. The van der Waals surface area contributed by atoms with Crippen LogP contribution >= 0.6 is 7.60 Å². The summed E-state index contributed by atoms with van der Waals surface area (Å²) >= 11 is 0. The first-order valence-electron chi connectivity index (χ1n) is 11.0. The first kappa shape index (κ1) is 29.4. The van der Waals surface area contributed by atoms with Crippen LogP contribution in [0.3, 0.4) is 0 Å². The molecule has 0 aromatic carbocycles. The number of hydrogen-bond acceptors (Lipinski definition) is 10. The van der Waals surface area contributed by atoms with Crippen LogP contribution in [0.2, 0.25) is 0 Å². The van der Waals surface area contributed by atoms with Crippen molar-refractivity contribution in [1.82, 2.24) is 19.6 Å². The average Bonchev–Trinajstić information content (AvgIpc) is 2.69. The van der Waals surface area contributed by atoms with Gasteiger partial charge in [-0.15, -0.1) is 0 Å². The third kappa shape index (κ3) is 13.0. The zero-order valence-corrected chi connectivity index (χ0v) is 20.3. The van der Waals surface area contributed by atoms with E-state index in [0.29, 0.717) is 52.4 Å². The van der Waals surface area contributed by atoms with Crippen molar-refractivity contribution >= 4 is 25.5 Å². The number of carbonyl (C=O) groups is 3. The van der Waals surface area contributed by atoms with Gasteiger partial charge >= 0.3 is 25.5 Å². The molecule has 1 aliphatic heterocycles. The minimum Gasteiger partial charge on any atom is -0.480 e. The largest absolute Gasteiger partial charge is 0.480 e. The Morgan fingerprint density at radius 3 is 1.15 bits per heavy atom. The van der Waals surface area contributed by atoms with Crippen LogP contribution in [0.4, 0.5) is 0 Å². The summed E-state index contributed by atoms with van der Waals surface area (Å²) in [4.78, 5) is 40.8. The Morgan fingerprint density at radius 2 is 0.909 bits per heavy atom. The van der Waals surface area contributed by atoms with Gasteiger partial charge in [0.1, 0.15) is 6.29 Å². The zero-order valence-electron chi connectivity index (χ0n) is 19.4. The van der Waals surface area contributed by atoms with Crippen LogP contribution in [0.1, 0.15) is 13.8 Å². The van der Waals surface area contributed by atoms with E-state index in [-0.39, 0.29) is 39.1 Å². The SMILES string of the molecule is CCOP(=O)(CN1CCN(CC(=O)O)CCN(CC(=O)O)CCN(CC(=O)O)CC1)OCC. The molecule has 0 aliphatic carbocycles. The molecule has 33 heavy (non-hydrogen) atoms. The molecule has 0 radical (unpaired) electrons. The third-order valence-corrected chi connectivity index (χ3v) is 7.08. The highest BCUT2D eigenvalue weighted by atomic mass is 31.2. The van der Waals surface area contributed by atoms with Gasteiger partial charge in [-0.3, -0.25) is 38.5 Å². The zero-order chi connectivity index (χ0) is 24.9. The maximum atomic E-state index is 13.1. The number of hydrogen-bond donors (Lipinski definition) is 3. The van der Waals surface area contributed by atoms with Crippen LogP contribution in [0.15, 0.2) is 0 Å². The number of nitrogens with zero attached hydrogens (tertiary/aromatic N) is 4. The van der Waals surface area contributed by atoms with Crippen molar-refractivity contribution < 1.29 is 43.3 Å². The van der Waals surface area contributed by atoms with E-state index in [9.17, 15) is 34.3 Å². The molecule has 0 aromatic heterocycles. The molecule has 0 saturated carbocycles. The molecule has 0 atom stereocenters. The Labute approximate surface area is 194 Å². The predicted molar refractivity (Wildman–Crippen MR) is 120 cm³/mol. The number of carboxylic acid groups (broad SMARTS) is 3. The van der Waals surface area contributed by atoms with E-state index >= 15 is 0 Å². The van der Waals surface area contributed by atoms with Crippen LogP contribution < -0.4 is 0 Å². The van der Waals surface area contributed by atoms with Crippen molar-refractivity contribution in [3.05, 3.63) is 0 Å². The van der Waals surface area contributed by atoms with Crippen LogP contribution in [0, 0.1) is 0 Å². The Bertz CT molecular complexity index is 640. The molecule has 1 rings (SSSR count). The van der Waals surface area contributed by atoms with Crippen LogP contribution in [0.5, 0.6) is 0 Å². The van der Waals surface area contributed by atoms with E-state index in [0.717, 1.165) is 0 Å². The summed E-state index contributed by atoms with van der Waals surface area (Å²) < 4.78 is 23.8. The normalized spacial score (nSPS) is 19.0. The number of aliphatic carboxylic acids is 3. The quantitative estimate of drug-likeness (QED) is 0.302. The second kappa shape index (κ2) is 15.3. The van der Waals surface area contributed by atoms with Gasteiger partial charge in [0.15, 0.2) is 0 Å². The van der Waals surface area contributed by atoms with Crippen LogP contribution in [0.25, 0.3) is 0 Å². The van der Waals surface area contributed by atoms with Crippen molar-refractivity contribution in [1.29, 1.82) is 0 Å². The van der Waals surface area contributed by atoms with E-state index in [1.165, 1.54) is 0 Å². The highest BCUT2D eigenvalue weighted by Gasteiger charge is 2.28. The second-order valence-electron chi connectivity index (χ2n) is 7.72. The summed E-state index contributed by atoms with van der Waals surface area (Å²) in [5, 5.41) is 27.7. The van der Waals surface area contributed by atoms with Crippen LogP contribution in [-0.4, -0.2) is 144 Å². The lowest BCUT2D eigenvalue weighted by Crippen LogP contribution is -2.48. The molecular weight excluding hydrogens is 459 g/mol. The smallest absolute Gasteiger partial charge is 0.344 e. The molecule has 14 heteroatoms. The summed E-state index contributed by atoms with van der Waals surface area (Å²) in [6.45, 7) is 5.87. The second-order valence-corrected chi connectivity index (χ2v) is 9.74. The highest BCUT2D eigenvalue weighted by Crippen LogP contribution is 2.48. The van der Waals surface area contributed by atoms with Gasteiger partial charge in [0, 0.05) is 52.4 Å². The molecule has 0 amide bonds. The lowest BCUT2D eigenvalue weighted by atomic mass is 10.3. The molecule has 3 N–H and O–H groups in total.